The van der Waals surface area contributed by atoms with Gasteiger partial charge in [-0.2, -0.15) is 0 Å². The fraction of sp³-hybridized carbons (Fsp3) is 0.767. The number of anilines is 1. The molecule has 0 aromatic heterocycles. The molecule has 1 aromatic rings. The molecule has 43 heavy (non-hydrogen) atoms. The molecular weight excluding hydrogens is 584 g/mol. The highest BCUT2D eigenvalue weighted by Gasteiger charge is 2.19. The molecule has 13 heteroatoms. The van der Waals surface area contributed by atoms with Crippen LogP contribution in [0.15, 0.2) is 18.2 Å². The third kappa shape index (κ3) is 25.3. The third-order valence-electron chi connectivity index (χ3n) is 5.40. The molecule has 12 nitrogen and oxygen atoms in total. The normalized spacial score (nSPS) is 11.7. The van der Waals surface area contributed by atoms with Gasteiger partial charge >= 0.3 is 6.09 Å². The van der Waals surface area contributed by atoms with Crippen LogP contribution in [0.4, 0.5) is 10.5 Å². The molecule has 0 bridgehead atoms. The van der Waals surface area contributed by atoms with Gasteiger partial charge in [-0.05, 0) is 51.0 Å². The molecule has 0 heterocycles. The van der Waals surface area contributed by atoms with Crippen molar-refractivity contribution in [2.45, 2.75) is 32.8 Å². The van der Waals surface area contributed by atoms with Gasteiger partial charge in [0.2, 0.25) is 0 Å². The number of benzene rings is 1. The Kier molecular flexibility index (Phi) is 23.4. The van der Waals surface area contributed by atoms with E-state index in [2.05, 4.69) is 0 Å². The smallest absolute Gasteiger partial charge is 0.410 e. The van der Waals surface area contributed by atoms with Crippen LogP contribution in [0.2, 0.25) is 5.02 Å². The average molecular weight is 637 g/mol. The summed E-state index contributed by atoms with van der Waals surface area (Å²) in [5.74, 6) is 0. The Hall–Kier alpha value is -1.74. The van der Waals surface area contributed by atoms with Crippen molar-refractivity contribution in [1.82, 2.24) is 4.90 Å². The number of hydrogen-bond donors (Lipinski definition) is 1. The molecule has 0 unspecified atom stereocenters. The lowest BCUT2D eigenvalue weighted by Gasteiger charge is -2.24. The molecule has 0 fully saturated rings. The van der Waals surface area contributed by atoms with Crippen molar-refractivity contribution in [2.24, 2.45) is 0 Å². The highest BCUT2D eigenvalue weighted by atomic mass is 35.5. The Morgan fingerprint density at radius 2 is 1.02 bits per heavy atom. The Morgan fingerprint density at radius 3 is 1.40 bits per heavy atom. The molecule has 1 aromatic carbocycles. The summed E-state index contributed by atoms with van der Waals surface area (Å²) in [5.41, 5.74) is 6.98. The Labute approximate surface area is 262 Å². The maximum Gasteiger partial charge on any atom is 0.410 e. The van der Waals surface area contributed by atoms with Gasteiger partial charge in [0.15, 0.2) is 0 Å². The quantitative estimate of drug-likeness (QED) is 0.113. The molecular formula is C30H53ClN2O10. The number of nitrogens with two attached hydrogens (primary N) is 1. The highest BCUT2D eigenvalue weighted by Crippen LogP contribution is 2.17. The topological polar surface area (TPSA) is 129 Å². The molecule has 1 rings (SSSR count). The molecule has 250 valence electrons. The van der Waals surface area contributed by atoms with Gasteiger partial charge in [0.05, 0.1) is 106 Å². The molecule has 0 aliphatic heterocycles. The average Bonchev–Trinajstić information content (AvgIpc) is 2.93. The number of carbonyl (C=O) groups is 1. The van der Waals surface area contributed by atoms with E-state index in [0.717, 1.165) is 12.0 Å². The zero-order valence-electron chi connectivity index (χ0n) is 26.4. The van der Waals surface area contributed by atoms with Crippen LogP contribution in [0.25, 0.3) is 0 Å². The molecule has 0 saturated heterocycles. The molecule has 2 N–H and O–H groups in total. The van der Waals surface area contributed by atoms with Gasteiger partial charge in [-0.15, -0.1) is 0 Å². The monoisotopic (exact) mass is 636 g/mol. The first-order valence-corrected chi connectivity index (χ1v) is 15.2. The largest absolute Gasteiger partial charge is 0.444 e. The van der Waals surface area contributed by atoms with Gasteiger partial charge in [0.1, 0.15) is 5.60 Å². The maximum absolute atomic E-state index is 11.8. The molecule has 0 saturated carbocycles. The van der Waals surface area contributed by atoms with Gasteiger partial charge in [0, 0.05) is 24.3 Å². The second-order valence-corrected chi connectivity index (χ2v) is 10.9. The number of amides is 1. The maximum atomic E-state index is 11.8. The predicted molar refractivity (Wildman–Crippen MR) is 165 cm³/mol. The fourth-order valence-corrected chi connectivity index (χ4v) is 3.55. The van der Waals surface area contributed by atoms with Crippen molar-refractivity contribution in [3.8, 4) is 0 Å². The van der Waals surface area contributed by atoms with Crippen molar-refractivity contribution in [1.29, 1.82) is 0 Å². The molecule has 0 aliphatic rings. The van der Waals surface area contributed by atoms with Gasteiger partial charge in [-0.3, -0.25) is 0 Å². The number of carbonyl (C=O) groups excluding carboxylic acids is 1. The lowest BCUT2D eigenvalue weighted by Crippen LogP contribution is -2.36. The van der Waals surface area contributed by atoms with E-state index < -0.39 is 5.60 Å². The molecule has 0 radical (unpaired) electrons. The number of nitrogen functional groups attached to an aromatic ring is 1. The summed E-state index contributed by atoms with van der Waals surface area (Å²) in [4.78, 5) is 13.3. The van der Waals surface area contributed by atoms with Crippen LogP contribution in [0.5, 0.6) is 0 Å². The number of halogens is 1. The number of nitrogens with zero attached hydrogens (tertiary/aromatic N) is 1. The standard InChI is InChI=1S/C30H53ClN2O10/c1-30(2,3)43-29(34)33(4)6-8-36-10-12-38-14-16-40-18-20-42-22-21-41-19-17-39-15-13-37-11-9-35-7-5-26-23-27(31)25-28(32)24-26/h23-25H,5-22,32H2,1-4H3. The minimum absolute atomic E-state index is 0.364. The molecule has 0 atom stereocenters. The summed E-state index contributed by atoms with van der Waals surface area (Å²) in [6.07, 6.45) is 0.387. The molecule has 0 aliphatic carbocycles. The summed E-state index contributed by atoms with van der Waals surface area (Å²) in [6, 6.07) is 5.51. The number of likely N-dealkylation sites (N-methyl/N-ethyl adjacent to an activating group) is 1. The minimum Gasteiger partial charge on any atom is -0.444 e. The van der Waals surface area contributed by atoms with Crippen molar-refractivity contribution in [2.75, 3.05) is 125 Å². The predicted octanol–water partition coefficient (Wildman–Crippen LogP) is 3.46. The lowest BCUT2D eigenvalue weighted by atomic mass is 10.1. The Balaban J connectivity index is 1.71. The van der Waals surface area contributed by atoms with Crippen LogP contribution in [0, 0.1) is 0 Å². The van der Waals surface area contributed by atoms with E-state index in [1.54, 1.807) is 13.1 Å². The van der Waals surface area contributed by atoms with Crippen molar-refractivity contribution < 1.29 is 47.4 Å². The van der Waals surface area contributed by atoms with Gasteiger partial charge in [-0.1, -0.05) is 11.6 Å². The minimum atomic E-state index is -0.509. The fourth-order valence-electron chi connectivity index (χ4n) is 3.28. The second-order valence-electron chi connectivity index (χ2n) is 10.4. The first-order chi connectivity index (χ1) is 20.7. The van der Waals surface area contributed by atoms with E-state index in [1.807, 2.05) is 32.9 Å². The van der Waals surface area contributed by atoms with Crippen LogP contribution < -0.4 is 5.73 Å². The van der Waals surface area contributed by atoms with E-state index >= 15 is 0 Å². The first kappa shape index (κ1) is 39.3. The van der Waals surface area contributed by atoms with Gasteiger partial charge in [0.25, 0.3) is 0 Å². The van der Waals surface area contributed by atoms with E-state index in [9.17, 15) is 4.79 Å². The third-order valence-corrected chi connectivity index (χ3v) is 5.61. The summed E-state index contributed by atoms with van der Waals surface area (Å²) in [6.45, 7) is 13.8. The first-order valence-electron chi connectivity index (χ1n) is 14.8. The summed E-state index contributed by atoms with van der Waals surface area (Å²) in [7, 11) is 1.68. The van der Waals surface area contributed by atoms with Crippen molar-refractivity contribution >= 4 is 23.4 Å². The van der Waals surface area contributed by atoms with E-state index in [1.165, 1.54) is 4.90 Å². The Morgan fingerprint density at radius 1 is 0.651 bits per heavy atom. The number of rotatable bonds is 27. The zero-order chi connectivity index (χ0) is 31.6. The van der Waals surface area contributed by atoms with Crippen molar-refractivity contribution in [3.05, 3.63) is 28.8 Å². The van der Waals surface area contributed by atoms with Crippen LogP contribution in [0.3, 0.4) is 0 Å². The summed E-state index contributed by atoms with van der Waals surface area (Å²) in [5, 5.41) is 0.636. The van der Waals surface area contributed by atoms with E-state index in [4.69, 9.17) is 60.0 Å². The van der Waals surface area contributed by atoms with Crippen molar-refractivity contribution in [3.63, 3.8) is 0 Å². The van der Waals surface area contributed by atoms with Crippen LogP contribution in [0.1, 0.15) is 26.3 Å². The van der Waals surface area contributed by atoms with E-state index in [-0.39, 0.29) is 6.09 Å². The second kappa shape index (κ2) is 25.6. The van der Waals surface area contributed by atoms with Crippen LogP contribution >= 0.6 is 11.6 Å². The van der Waals surface area contributed by atoms with Gasteiger partial charge < -0.3 is 53.3 Å². The van der Waals surface area contributed by atoms with Gasteiger partial charge in [-0.25, -0.2) is 4.79 Å². The number of ether oxygens (including phenoxy) is 9. The highest BCUT2D eigenvalue weighted by molar-refractivity contribution is 6.30. The van der Waals surface area contributed by atoms with Crippen LogP contribution in [-0.4, -0.2) is 136 Å². The zero-order valence-corrected chi connectivity index (χ0v) is 27.2. The summed E-state index contributed by atoms with van der Waals surface area (Å²) < 4.78 is 49.2. The summed E-state index contributed by atoms with van der Waals surface area (Å²) >= 11 is 5.99. The lowest BCUT2D eigenvalue weighted by molar-refractivity contribution is -0.0235. The molecule has 1 amide bonds. The van der Waals surface area contributed by atoms with Crippen LogP contribution in [-0.2, 0) is 49.1 Å². The van der Waals surface area contributed by atoms with E-state index in [0.29, 0.717) is 123 Å². The molecule has 0 spiro atoms. The SMILES string of the molecule is CN(CCOCCOCCOCCOCCOCCOCCOCCOCCc1cc(N)cc(Cl)c1)C(=O)OC(C)(C)C. The Bertz CT molecular complexity index is 808. The number of hydrogen-bond acceptors (Lipinski definition) is 11.